The van der Waals surface area contributed by atoms with Crippen LogP contribution >= 0.6 is 0 Å². The zero-order chi connectivity index (χ0) is 19.4. The first-order chi connectivity index (χ1) is 12.2. The van der Waals surface area contributed by atoms with Crippen molar-refractivity contribution in [2.75, 3.05) is 13.1 Å². The molecule has 1 saturated heterocycles. The van der Waals surface area contributed by atoms with Crippen LogP contribution in [0.4, 0.5) is 8.78 Å². The minimum Gasteiger partial charge on any atom is -0.341 e. The zero-order valence-corrected chi connectivity index (χ0v) is 15.5. The fraction of sp³-hybridized carbons (Fsp3) is 0.579. The molecule has 1 aliphatic heterocycles. The van der Waals surface area contributed by atoms with E-state index in [1.165, 1.54) is 6.07 Å². The maximum atomic E-state index is 13.8. The van der Waals surface area contributed by atoms with Crippen LogP contribution in [0, 0.1) is 23.5 Å². The van der Waals surface area contributed by atoms with E-state index in [1.54, 1.807) is 18.7 Å². The van der Waals surface area contributed by atoms with Gasteiger partial charge in [0, 0.05) is 19.1 Å². The van der Waals surface area contributed by atoms with Crippen LogP contribution in [-0.4, -0.2) is 41.9 Å². The van der Waals surface area contributed by atoms with Crippen molar-refractivity contribution in [1.29, 1.82) is 0 Å². The van der Waals surface area contributed by atoms with Crippen molar-refractivity contribution in [3.8, 4) is 0 Å². The zero-order valence-electron chi connectivity index (χ0n) is 15.5. The number of carbonyl (C=O) groups is 2. The molecule has 2 rings (SSSR count). The van der Waals surface area contributed by atoms with E-state index in [0.717, 1.165) is 25.0 Å². The molecule has 1 fully saturated rings. The molecule has 0 bridgehead atoms. The first-order valence-electron chi connectivity index (χ1n) is 9.01. The fourth-order valence-corrected chi connectivity index (χ4v) is 3.28. The molecule has 26 heavy (non-hydrogen) atoms. The number of amides is 2. The Hall–Kier alpha value is -2.02. The van der Waals surface area contributed by atoms with E-state index in [9.17, 15) is 18.4 Å². The van der Waals surface area contributed by atoms with Gasteiger partial charge in [0.05, 0.1) is 0 Å². The van der Waals surface area contributed by atoms with E-state index in [1.807, 2.05) is 6.92 Å². The lowest BCUT2D eigenvalue weighted by atomic mass is 9.90. The highest BCUT2D eigenvalue weighted by Gasteiger charge is 2.33. The Kier molecular flexibility index (Phi) is 6.69. The first-order valence-corrected chi connectivity index (χ1v) is 9.01. The molecule has 1 aliphatic rings. The molecule has 2 unspecified atom stereocenters. The summed E-state index contributed by atoms with van der Waals surface area (Å²) in [6.07, 6.45) is 1.62. The number of piperidine rings is 1. The van der Waals surface area contributed by atoms with Gasteiger partial charge < -0.3 is 16.0 Å². The molecular weight excluding hydrogens is 340 g/mol. The summed E-state index contributed by atoms with van der Waals surface area (Å²) >= 11 is 0. The van der Waals surface area contributed by atoms with Gasteiger partial charge >= 0.3 is 0 Å². The molecule has 0 aliphatic carbocycles. The van der Waals surface area contributed by atoms with Gasteiger partial charge in [0.15, 0.2) is 0 Å². The molecule has 1 heterocycles. The smallest absolute Gasteiger partial charge is 0.257 e. The molecule has 5 nitrogen and oxygen atoms in total. The van der Waals surface area contributed by atoms with Gasteiger partial charge in [0.25, 0.3) is 5.91 Å². The van der Waals surface area contributed by atoms with Gasteiger partial charge in [-0.2, -0.15) is 0 Å². The molecule has 7 heteroatoms. The molecule has 1 aromatic carbocycles. The quantitative estimate of drug-likeness (QED) is 0.839. The average molecular weight is 367 g/mol. The van der Waals surface area contributed by atoms with Crippen molar-refractivity contribution < 1.29 is 18.4 Å². The topological polar surface area (TPSA) is 75.4 Å². The Morgan fingerprint density at radius 2 is 1.69 bits per heavy atom. The van der Waals surface area contributed by atoms with Gasteiger partial charge in [-0.1, -0.05) is 19.9 Å². The number of nitrogens with two attached hydrogens (primary N) is 1. The third-order valence-electron chi connectivity index (χ3n) is 5.00. The molecule has 0 spiro atoms. The number of nitrogens with zero attached hydrogens (tertiary/aromatic N) is 1. The number of likely N-dealkylation sites (tertiary alicyclic amines) is 1. The largest absolute Gasteiger partial charge is 0.341 e. The number of hydrogen-bond acceptors (Lipinski definition) is 3. The van der Waals surface area contributed by atoms with Crippen molar-refractivity contribution in [1.82, 2.24) is 10.2 Å². The van der Waals surface area contributed by atoms with E-state index >= 15 is 0 Å². The Labute approximate surface area is 152 Å². The highest BCUT2D eigenvalue weighted by molar-refractivity contribution is 5.98. The van der Waals surface area contributed by atoms with Gasteiger partial charge in [0.1, 0.15) is 23.2 Å². The number of rotatable bonds is 5. The number of halogens is 2. The van der Waals surface area contributed by atoms with Crippen LogP contribution in [0.2, 0.25) is 0 Å². The van der Waals surface area contributed by atoms with Crippen LogP contribution in [0.5, 0.6) is 0 Å². The number of carbonyl (C=O) groups excluding carboxylic acids is 2. The lowest BCUT2D eigenvalue weighted by Crippen LogP contribution is -2.53. The van der Waals surface area contributed by atoms with Crippen LogP contribution in [0.15, 0.2) is 18.2 Å². The fourth-order valence-electron chi connectivity index (χ4n) is 3.28. The Morgan fingerprint density at radius 1 is 1.15 bits per heavy atom. The molecule has 2 atom stereocenters. The van der Waals surface area contributed by atoms with Crippen LogP contribution < -0.4 is 11.1 Å². The summed E-state index contributed by atoms with van der Waals surface area (Å²) < 4.78 is 27.6. The number of nitrogens with one attached hydrogen (secondary N) is 1. The third kappa shape index (κ3) is 4.58. The standard InChI is InChI=1S/C19H27F2N3O2/c1-11(2)17(19(26)24-9-7-13(8-10-24)12(3)22)23-18(25)16-14(20)5-4-6-15(16)21/h4-6,11-13,17H,7-10,22H2,1-3H3,(H,23,25). The highest BCUT2D eigenvalue weighted by Crippen LogP contribution is 2.21. The molecule has 144 valence electrons. The number of benzene rings is 1. The normalized spacial score (nSPS) is 17.9. The minimum atomic E-state index is -0.949. The second-order valence-electron chi connectivity index (χ2n) is 7.31. The van der Waals surface area contributed by atoms with Crippen molar-refractivity contribution in [2.45, 2.75) is 45.7 Å². The van der Waals surface area contributed by atoms with Crippen LogP contribution in [0.25, 0.3) is 0 Å². The Morgan fingerprint density at radius 3 is 2.15 bits per heavy atom. The summed E-state index contributed by atoms with van der Waals surface area (Å²) in [6.45, 7) is 6.67. The van der Waals surface area contributed by atoms with Crippen molar-refractivity contribution >= 4 is 11.8 Å². The van der Waals surface area contributed by atoms with E-state index in [4.69, 9.17) is 5.73 Å². The van der Waals surface area contributed by atoms with Gasteiger partial charge in [-0.25, -0.2) is 8.78 Å². The summed E-state index contributed by atoms with van der Waals surface area (Å²) in [6, 6.07) is 2.46. The average Bonchev–Trinajstić information content (AvgIpc) is 2.58. The first kappa shape index (κ1) is 20.3. The molecular formula is C19H27F2N3O2. The van der Waals surface area contributed by atoms with Crippen LogP contribution in [-0.2, 0) is 4.79 Å². The monoisotopic (exact) mass is 367 g/mol. The third-order valence-corrected chi connectivity index (χ3v) is 5.00. The number of hydrogen-bond donors (Lipinski definition) is 2. The van der Waals surface area contributed by atoms with Gasteiger partial charge in [-0.05, 0) is 43.7 Å². The second kappa shape index (κ2) is 8.58. The van der Waals surface area contributed by atoms with Gasteiger partial charge in [-0.3, -0.25) is 9.59 Å². The second-order valence-corrected chi connectivity index (χ2v) is 7.31. The maximum absolute atomic E-state index is 13.8. The summed E-state index contributed by atoms with van der Waals surface area (Å²) in [5, 5.41) is 2.51. The SMILES string of the molecule is CC(C)C(NC(=O)c1c(F)cccc1F)C(=O)N1CCC(C(C)N)CC1. The molecule has 2 amide bonds. The Bertz CT molecular complexity index is 636. The molecule has 0 radical (unpaired) electrons. The van der Waals surface area contributed by atoms with Crippen molar-refractivity contribution in [3.63, 3.8) is 0 Å². The van der Waals surface area contributed by atoms with Gasteiger partial charge in [0.2, 0.25) is 5.91 Å². The predicted molar refractivity (Wildman–Crippen MR) is 95.4 cm³/mol. The molecule has 3 N–H and O–H groups in total. The summed E-state index contributed by atoms with van der Waals surface area (Å²) in [5.41, 5.74) is 5.26. The maximum Gasteiger partial charge on any atom is 0.257 e. The Balaban J connectivity index is 2.09. The lowest BCUT2D eigenvalue weighted by Gasteiger charge is -2.36. The molecule has 1 aromatic rings. The van der Waals surface area contributed by atoms with E-state index < -0.39 is 29.1 Å². The van der Waals surface area contributed by atoms with Crippen molar-refractivity contribution in [3.05, 3.63) is 35.4 Å². The summed E-state index contributed by atoms with van der Waals surface area (Å²) in [4.78, 5) is 26.9. The highest BCUT2D eigenvalue weighted by atomic mass is 19.1. The van der Waals surface area contributed by atoms with E-state index in [0.29, 0.717) is 19.0 Å². The van der Waals surface area contributed by atoms with Gasteiger partial charge in [-0.15, -0.1) is 0 Å². The van der Waals surface area contributed by atoms with Crippen LogP contribution in [0.3, 0.4) is 0 Å². The van der Waals surface area contributed by atoms with E-state index in [-0.39, 0.29) is 17.9 Å². The minimum absolute atomic E-state index is 0.0804. The predicted octanol–water partition coefficient (Wildman–Crippen LogP) is 2.30. The molecule has 0 aromatic heterocycles. The summed E-state index contributed by atoms with van der Waals surface area (Å²) in [5.74, 6) is -2.89. The van der Waals surface area contributed by atoms with Crippen molar-refractivity contribution in [2.24, 2.45) is 17.6 Å². The van der Waals surface area contributed by atoms with Crippen LogP contribution in [0.1, 0.15) is 44.0 Å². The molecule has 0 saturated carbocycles. The lowest BCUT2D eigenvalue weighted by molar-refractivity contribution is -0.135. The summed E-state index contributed by atoms with van der Waals surface area (Å²) in [7, 11) is 0. The van der Waals surface area contributed by atoms with E-state index in [2.05, 4.69) is 5.32 Å².